The summed E-state index contributed by atoms with van der Waals surface area (Å²) in [5, 5.41) is 0. The van der Waals surface area contributed by atoms with Crippen molar-refractivity contribution in [2.75, 3.05) is 7.11 Å². The quantitative estimate of drug-likeness (QED) is 0.680. The van der Waals surface area contributed by atoms with Gasteiger partial charge in [-0.25, -0.2) is 0 Å². The molecule has 0 amide bonds. The molecule has 0 unspecified atom stereocenters. The predicted octanol–water partition coefficient (Wildman–Crippen LogP) is 5.00. The summed E-state index contributed by atoms with van der Waals surface area (Å²) < 4.78 is 5.67. The van der Waals surface area contributed by atoms with Gasteiger partial charge in [0, 0.05) is 19.4 Å². The maximum absolute atomic E-state index is 12.9. The Balaban J connectivity index is 1.63. The number of Topliss-reactive ketones (excluding diaryl/α,β-unsaturated/α-hetero) is 1. The molecule has 130 valence electrons. The number of ketones is 1. The number of hydrogen-bond donors (Lipinski definition) is 0. The Bertz CT molecular complexity index is 486. The Morgan fingerprint density at radius 2 is 1.78 bits per heavy atom. The zero-order valence-electron chi connectivity index (χ0n) is 15.3. The number of ether oxygens (including phenoxy) is 1. The van der Waals surface area contributed by atoms with Crippen LogP contribution in [0.3, 0.4) is 0 Å². The van der Waals surface area contributed by atoms with Gasteiger partial charge in [0.2, 0.25) is 0 Å². The first-order valence-electron chi connectivity index (χ1n) is 10.0. The summed E-state index contributed by atoms with van der Waals surface area (Å²) in [7, 11) is 1.88. The summed E-state index contributed by atoms with van der Waals surface area (Å²) in [6.07, 6.45) is 12.9. The van der Waals surface area contributed by atoms with Crippen molar-refractivity contribution in [2.24, 2.45) is 34.5 Å². The van der Waals surface area contributed by atoms with E-state index in [-0.39, 0.29) is 0 Å². The molecule has 0 radical (unpaired) electrons. The van der Waals surface area contributed by atoms with E-state index >= 15 is 0 Å². The molecule has 4 aliphatic carbocycles. The summed E-state index contributed by atoms with van der Waals surface area (Å²) >= 11 is 0. The predicted molar refractivity (Wildman–Crippen MR) is 92.1 cm³/mol. The molecule has 7 atom stereocenters. The molecular weight excluding hydrogens is 284 g/mol. The maximum Gasteiger partial charge on any atom is 0.136 e. The minimum Gasteiger partial charge on any atom is -0.381 e. The van der Waals surface area contributed by atoms with Crippen LogP contribution in [0, 0.1) is 34.5 Å². The van der Waals surface area contributed by atoms with E-state index in [0.29, 0.717) is 34.6 Å². The number of methoxy groups -OCH3 is 1. The summed E-state index contributed by atoms with van der Waals surface area (Å²) in [5.74, 6) is 3.33. The van der Waals surface area contributed by atoms with Gasteiger partial charge >= 0.3 is 0 Å². The van der Waals surface area contributed by atoms with Crippen molar-refractivity contribution in [1.29, 1.82) is 0 Å². The highest BCUT2D eigenvalue weighted by molar-refractivity contribution is 5.83. The van der Waals surface area contributed by atoms with Gasteiger partial charge in [-0.2, -0.15) is 0 Å². The Kier molecular flexibility index (Phi) is 3.91. The van der Waals surface area contributed by atoms with E-state index in [1.165, 1.54) is 51.4 Å². The van der Waals surface area contributed by atoms with Crippen molar-refractivity contribution < 1.29 is 9.53 Å². The van der Waals surface area contributed by atoms with Crippen LogP contribution >= 0.6 is 0 Å². The molecule has 0 bridgehead atoms. The second-order valence-electron chi connectivity index (χ2n) is 9.68. The second-order valence-corrected chi connectivity index (χ2v) is 9.68. The molecule has 0 heterocycles. The molecule has 0 aromatic heterocycles. The summed E-state index contributed by atoms with van der Waals surface area (Å²) in [6.45, 7) is 4.99. The highest BCUT2D eigenvalue weighted by atomic mass is 16.5. The molecule has 0 aliphatic heterocycles. The fraction of sp³-hybridized carbons (Fsp3) is 0.952. The lowest BCUT2D eigenvalue weighted by Crippen LogP contribution is -2.58. The minimum absolute atomic E-state index is 0.316. The monoisotopic (exact) mass is 318 g/mol. The van der Waals surface area contributed by atoms with Crippen molar-refractivity contribution in [3.63, 3.8) is 0 Å². The molecule has 2 nitrogen and oxygen atoms in total. The first-order chi connectivity index (χ1) is 11.0. The van der Waals surface area contributed by atoms with Gasteiger partial charge in [0.05, 0.1) is 6.10 Å². The van der Waals surface area contributed by atoms with Crippen molar-refractivity contribution in [2.45, 2.75) is 84.2 Å². The Morgan fingerprint density at radius 3 is 2.57 bits per heavy atom. The van der Waals surface area contributed by atoms with E-state index < -0.39 is 0 Å². The van der Waals surface area contributed by atoms with Crippen molar-refractivity contribution in [3.8, 4) is 0 Å². The zero-order chi connectivity index (χ0) is 16.2. The lowest BCUT2D eigenvalue weighted by atomic mass is 9.41. The van der Waals surface area contributed by atoms with Crippen LogP contribution in [-0.2, 0) is 9.53 Å². The van der Waals surface area contributed by atoms with Gasteiger partial charge in [0.25, 0.3) is 0 Å². The number of carbonyl (C=O) groups excluding carboxylic acids is 1. The lowest BCUT2D eigenvalue weighted by Gasteiger charge is -2.63. The molecule has 0 aromatic rings. The van der Waals surface area contributed by atoms with E-state index in [9.17, 15) is 4.79 Å². The first kappa shape index (κ1) is 16.1. The number of hydrogen-bond acceptors (Lipinski definition) is 2. The molecule has 2 heteroatoms. The van der Waals surface area contributed by atoms with Gasteiger partial charge in [-0.15, -0.1) is 0 Å². The van der Waals surface area contributed by atoms with Gasteiger partial charge in [-0.1, -0.05) is 13.8 Å². The van der Waals surface area contributed by atoms with Crippen LogP contribution in [0.15, 0.2) is 0 Å². The third-order valence-electron chi connectivity index (χ3n) is 8.72. The van der Waals surface area contributed by atoms with E-state index in [0.717, 1.165) is 24.7 Å². The molecule has 0 saturated heterocycles. The van der Waals surface area contributed by atoms with Gasteiger partial charge in [0.1, 0.15) is 5.78 Å². The van der Waals surface area contributed by atoms with Gasteiger partial charge in [0.15, 0.2) is 0 Å². The SMILES string of the molecule is CO[C@H]1CC[C@@H]2[C@H](CC[C@@H]3[C@H]4C(=O)CCC[C@@]4(C)CC[C@@]23C)C1. The number of fused-ring (bicyclic) bond motifs is 5. The normalized spacial score (nSPS) is 53.2. The smallest absolute Gasteiger partial charge is 0.136 e. The fourth-order valence-corrected chi connectivity index (χ4v) is 7.45. The summed E-state index contributed by atoms with van der Waals surface area (Å²) in [6, 6.07) is 0. The molecule has 4 fully saturated rings. The third-order valence-corrected chi connectivity index (χ3v) is 8.72. The van der Waals surface area contributed by atoms with E-state index in [1.54, 1.807) is 0 Å². The number of rotatable bonds is 1. The summed E-state index contributed by atoms with van der Waals surface area (Å²) in [4.78, 5) is 12.9. The highest BCUT2D eigenvalue weighted by Gasteiger charge is 2.60. The van der Waals surface area contributed by atoms with Gasteiger partial charge < -0.3 is 4.74 Å². The molecule has 23 heavy (non-hydrogen) atoms. The molecular formula is C21H34O2. The minimum atomic E-state index is 0.316. The van der Waals surface area contributed by atoms with Gasteiger partial charge in [-0.3, -0.25) is 4.79 Å². The van der Waals surface area contributed by atoms with Crippen molar-refractivity contribution in [3.05, 3.63) is 0 Å². The Labute approximate surface area is 141 Å². The number of carbonyl (C=O) groups is 1. The third kappa shape index (κ3) is 2.34. The van der Waals surface area contributed by atoms with Crippen LogP contribution in [0.5, 0.6) is 0 Å². The Morgan fingerprint density at radius 1 is 1.00 bits per heavy atom. The van der Waals surface area contributed by atoms with Crippen LogP contribution in [0.1, 0.15) is 78.1 Å². The lowest BCUT2D eigenvalue weighted by molar-refractivity contribution is -0.165. The van der Waals surface area contributed by atoms with E-state index in [1.807, 2.05) is 7.11 Å². The molecule has 4 aliphatic rings. The first-order valence-corrected chi connectivity index (χ1v) is 10.0. The second kappa shape index (κ2) is 5.58. The fourth-order valence-electron chi connectivity index (χ4n) is 7.45. The van der Waals surface area contributed by atoms with Gasteiger partial charge in [-0.05, 0) is 86.4 Å². The molecule has 0 spiro atoms. The standard InChI is InChI=1S/C21H34O2/c1-20-10-4-5-18(22)19(20)17-8-6-14-13-15(23-3)7-9-16(14)21(17,2)12-11-20/h14-17,19H,4-13H2,1-3H3/t14-,15+,16-,17-,19+,20+,21+/m1/s1. The van der Waals surface area contributed by atoms with Crippen molar-refractivity contribution >= 4 is 5.78 Å². The van der Waals surface area contributed by atoms with Crippen LogP contribution in [0.2, 0.25) is 0 Å². The van der Waals surface area contributed by atoms with E-state index in [2.05, 4.69) is 13.8 Å². The zero-order valence-corrected chi connectivity index (χ0v) is 15.3. The highest BCUT2D eigenvalue weighted by Crippen LogP contribution is 2.66. The Hall–Kier alpha value is -0.370. The largest absolute Gasteiger partial charge is 0.381 e. The van der Waals surface area contributed by atoms with Crippen LogP contribution in [-0.4, -0.2) is 19.0 Å². The maximum atomic E-state index is 12.9. The van der Waals surface area contributed by atoms with E-state index in [4.69, 9.17) is 4.74 Å². The van der Waals surface area contributed by atoms with Crippen molar-refractivity contribution in [1.82, 2.24) is 0 Å². The molecule has 4 rings (SSSR count). The molecule has 4 saturated carbocycles. The average Bonchev–Trinajstić information content (AvgIpc) is 2.54. The topological polar surface area (TPSA) is 26.3 Å². The molecule has 0 aromatic carbocycles. The average molecular weight is 319 g/mol. The van der Waals surface area contributed by atoms with Crippen LogP contribution in [0.4, 0.5) is 0 Å². The summed E-state index contributed by atoms with van der Waals surface area (Å²) in [5.41, 5.74) is 0.731. The molecule has 0 N–H and O–H groups in total. The van der Waals surface area contributed by atoms with Crippen LogP contribution in [0.25, 0.3) is 0 Å². The van der Waals surface area contributed by atoms with Crippen LogP contribution < -0.4 is 0 Å².